The van der Waals surface area contributed by atoms with Crippen LogP contribution in [0.15, 0.2) is 48.5 Å². The zero-order valence-corrected chi connectivity index (χ0v) is 10.9. The summed E-state index contributed by atoms with van der Waals surface area (Å²) in [5.41, 5.74) is 5.56. The minimum absolute atomic E-state index is 1.00. The lowest BCUT2D eigenvalue weighted by Gasteiger charge is -2.19. The topological polar surface area (TPSA) is 9.23 Å². The van der Waals surface area contributed by atoms with Crippen LogP contribution in [0.1, 0.15) is 36.8 Å². The summed E-state index contributed by atoms with van der Waals surface area (Å²) in [7, 11) is 0. The Balaban J connectivity index is 2.04. The van der Waals surface area contributed by atoms with Crippen LogP contribution in [-0.4, -0.2) is 0 Å². The molecule has 0 aromatic heterocycles. The van der Waals surface area contributed by atoms with Gasteiger partial charge in [-0.15, -0.1) is 0 Å². The summed E-state index contributed by atoms with van der Waals surface area (Å²) in [6.45, 7) is 0. The fraction of sp³-hybridized carbons (Fsp3) is 0.222. The average molecular weight is 248 g/mol. The number of rotatable bonds is 0. The number of hydrogen-bond donors (Lipinski definition) is 0. The third kappa shape index (κ3) is 1.69. The molecule has 94 valence electrons. The zero-order chi connectivity index (χ0) is 12.7. The summed E-state index contributed by atoms with van der Waals surface area (Å²) in [5.74, 6) is 2.00. The molecule has 0 amide bonds. The van der Waals surface area contributed by atoms with E-state index >= 15 is 0 Å². The third-order valence-electron chi connectivity index (χ3n) is 4.11. The van der Waals surface area contributed by atoms with Crippen molar-refractivity contribution in [2.75, 3.05) is 0 Å². The van der Waals surface area contributed by atoms with Gasteiger partial charge >= 0.3 is 0 Å². The lowest BCUT2D eigenvalue weighted by molar-refractivity contribution is 0.481. The van der Waals surface area contributed by atoms with Crippen LogP contribution < -0.4 is 4.74 Å². The summed E-state index contributed by atoms with van der Waals surface area (Å²) in [6.07, 6.45) is 4.92. The van der Waals surface area contributed by atoms with Crippen LogP contribution >= 0.6 is 0 Å². The molecule has 0 fully saturated rings. The van der Waals surface area contributed by atoms with Gasteiger partial charge in [0.2, 0.25) is 0 Å². The lowest BCUT2D eigenvalue weighted by Crippen LogP contribution is -1.97. The Morgan fingerprint density at radius 2 is 1.11 bits per heavy atom. The Kier molecular flexibility index (Phi) is 2.44. The number of ether oxygens (including phenoxy) is 1. The summed E-state index contributed by atoms with van der Waals surface area (Å²) in [6, 6.07) is 16.9. The minimum atomic E-state index is 1.00. The molecule has 0 bridgehead atoms. The molecule has 1 aliphatic heterocycles. The van der Waals surface area contributed by atoms with Crippen LogP contribution in [0.5, 0.6) is 11.5 Å². The van der Waals surface area contributed by atoms with Crippen molar-refractivity contribution in [2.45, 2.75) is 25.7 Å². The molecule has 4 rings (SSSR count). The first-order valence-corrected chi connectivity index (χ1v) is 7.02. The summed E-state index contributed by atoms with van der Waals surface area (Å²) >= 11 is 0. The number of para-hydroxylation sites is 2. The monoisotopic (exact) mass is 248 g/mol. The van der Waals surface area contributed by atoms with Crippen molar-refractivity contribution in [2.24, 2.45) is 0 Å². The van der Waals surface area contributed by atoms with Crippen LogP contribution in [0.25, 0.3) is 11.1 Å². The van der Waals surface area contributed by atoms with E-state index in [1.54, 1.807) is 0 Å². The van der Waals surface area contributed by atoms with E-state index in [1.165, 1.54) is 48.0 Å². The summed E-state index contributed by atoms with van der Waals surface area (Å²) < 4.78 is 6.15. The molecule has 19 heavy (non-hydrogen) atoms. The Morgan fingerprint density at radius 3 is 1.63 bits per heavy atom. The predicted molar refractivity (Wildman–Crippen MR) is 78.2 cm³/mol. The fourth-order valence-electron chi connectivity index (χ4n) is 3.23. The maximum absolute atomic E-state index is 6.15. The second-order valence-electron chi connectivity index (χ2n) is 5.26. The number of benzene rings is 2. The molecule has 2 aliphatic rings. The van der Waals surface area contributed by atoms with Crippen molar-refractivity contribution in [1.29, 1.82) is 0 Å². The van der Waals surface area contributed by atoms with Crippen LogP contribution in [-0.2, 0) is 0 Å². The van der Waals surface area contributed by atoms with Crippen LogP contribution in [0.2, 0.25) is 0 Å². The quantitative estimate of drug-likeness (QED) is 0.616. The Labute approximate surface area is 113 Å². The molecule has 2 aromatic rings. The standard InChI is InChI=1S/C18H16O/c1-2-8-14-13(7-1)15-9-3-5-11-17(15)19-18-12-6-4-10-16(14)18/h3-6,9-12H,1-2,7-8H2. The average Bonchev–Trinajstić information content (AvgIpc) is 2.62. The van der Waals surface area contributed by atoms with Crippen LogP contribution in [0, 0.1) is 0 Å². The van der Waals surface area contributed by atoms with Crippen LogP contribution in [0.4, 0.5) is 0 Å². The number of hydrogen-bond acceptors (Lipinski definition) is 1. The van der Waals surface area contributed by atoms with E-state index in [1.807, 2.05) is 0 Å². The molecule has 1 heteroatoms. The molecule has 1 aliphatic carbocycles. The van der Waals surface area contributed by atoms with Crippen molar-refractivity contribution in [3.63, 3.8) is 0 Å². The number of allylic oxidation sites excluding steroid dienone is 2. The van der Waals surface area contributed by atoms with Gasteiger partial charge in [0.15, 0.2) is 0 Å². The van der Waals surface area contributed by atoms with Crippen molar-refractivity contribution in [1.82, 2.24) is 0 Å². The molecule has 0 saturated heterocycles. The first kappa shape index (κ1) is 10.9. The van der Waals surface area contributed by atoms with E-state index in [2.05, 4.69) is 48.5 Å². The summed E-state index contributed by atoms with van der Waals surface area (Å²) in [4.78, 5) is 0. The van der Waals surface area contributed by atoms with Crippen molar-refractivity contribution in [3.05, 3.63) is 59.7 Å². The van der Waals surface area contributed by atoms with Gasteiger partial charge in [-0.25, -0.2) is 0 Å². The number of fused-ring (bicyclic) bond motifs is 4. The van der Waals surface area contributed by atoms with Crippen molar-refractivity contribution < 1.29 is 4.74 Å². The third-order valence-corrected chi connectivity index (χ3v) is 4.11. The Bertz CT molecular complexity index is 609. The molecule has 1 nitrogen and oxygen atoms in total. The molecule has 0 radical (unpaired) electrons. The van der Waals surface area contributed by atoms with E-state index in [-0.39, 0.29) is 0 Å². The minimum Gasteiger partial charge on any atom is -0.456 e. The molecule has 1 heterocycles. The highest BCUT2D eigenvalue weighted by molar-refractivity contribution is 5.95. The van der Waals surface area contributed by atoms with Gasteiger partial charge in [0.1, 0.15) is 11.5 Å². The highest BCUT2D eigenvalue weighted by Crippen LogP contribution is 2.47. The zero-order valence-electron chi connectivity index (χ0n) is 10.9. The smallest absolute Gasteiger partial charge is 0.134 e. The molecule has 0 atom stereocenters. The van der Waals surface area contributed by atoms with E-state index in [4.69, 9.17) is 4.74 Å². The van der Waals surface area contributed by atoms with Gasteiger partial charge in [0.25, 0.3) is 0 Å². The van der Waals surface area contributed by atoms with Gasteiger partial charge in [-0.2, -0.15) is 0 Å². The van der Waals surface area contributed by atoms with E-state index in [0.717, 1.165) is 11.5 Å². The van der Waals surface area contributed by atoms with Crippen molar-refractivity contribution >= 4 is 11.1 Å². The van der Waals surface area contributed by atoms with E-state index < -0.39 is 0 Å². The van der Waals surface area contributed by atoms with Gasteiger partial charge < -0.3 is 4.74 Å². The molecule has 0 saturated carbocycles. The predicted octanol–water partition coefficient (Wildman–Crippen LogP) is 5.28. The van der Waals surface area contributed by atoms with Gasteiger partial charge in [0, 0.05) is 11.1 Å². The first-order valence-electron chi connectivity index (χ1n) is 7.02. The van der Waals surface area contributed by atoms with E-state index in [0.29, 0.717) is 0 Å². The van der Waals surface area contributed by atoms with Crippen molar-refractivity contribution in [3.8, 4) is 11.5 Å². The molecule has 0 N–H and O–H groups in total. The maximum atomic E-state index is 6.15. The molecular weight excluding hydrogens is 232 g/mol. The normalized spacial score (nSPS) is 16.8. The largest absolute Gasteiger partial charge is 0.456 e. The first-order chi connectivity index (χ1) is 9.43. The highest BCUT2D eigenvalue weighted by atomic mass is 16.5. The van der Waals surface area contributed by atoms with Crippen LogP contribution in [0.3, 0.4) is 0 Å². The van der Waals surface area contributed by atoms with Gasteiger partial charge in [0.05, 0.1) is 0 Å². The second kappa shape index (κ2) is 4.27. The SMILES string of the molecule is c1ccc2c(c1)Oc1ccccc1C1=C2CCCC1. The molecule has 0 unspecified atom stereocenters. The Morgan fingerprint density at radius 1 is 0.632 bits per heavy atom. The molecule has 2 aromatic carbocycles. The summed E-state index contributed by atoms with van der Waals surface area (Å²) in [5, 5.41) is 0. The second-order valence-corrected chi connectivity index (χ2v) is 5.26. The Hall–Kier alpha value is -2.02. The highest BCUT2D eigenvalue weighted by Gasteiger charge is 2.24. The molecule has 0 spiro atoms. The van der Waals surface area contributed by atoms with Gasteiger partial charge in [-0.3, -0.25) is 0 Å². The molecular formula is C18H16O. The maximum Gasteiger partial charge on any atom is 0.134 e. The van der Waals surface area contributed by atoms with Gasteiger partial charge in [-0.1, -0.05) is 36.4 Å². The fourth-order valence-corrected chi connectivity index (χ4v) is 3.23. The van der Waals surface area contributed by atoms with Gasteiger partial charge in [-0.05, 0) is 49.0 Å². The lowest BCUT2D eigenvalue weighted by atomic mass is 9.84. The van der Waals surface area contributed by atoms with E-state index in [9.17, 15) is 0 Å².